The molecule has 1 heterocycles. The van der Waals surface area contributed by atoms with E-state index in [0.717, 1.165) is 23.4 Å². The van der Waals surface area contributed by atoms with Gasteiger partial charge in [-0.15, -0.1) is 0 Å². The molecule has 0 radical (unpaired) electrons. The van der Waals surface area contributed by atoms with E-state index < -0.39 is 0 Å². The lowest BCUT2D eigenvalue weighted by Gasteiger charge is -2.24. The zero-order valence-electron chi connectivity index (χ0n) is 11.1. The Morgan fingerprint density at radius 1 is 1.33 bits per heavy atom. The Kier molecular flexibility index (Phi) is 4.22. The molecule has 1 unspecified atom stereocenters. The predicted octanol–water partition coefficient (Wildman–Crippen LogP) is 2.70. The fraction of sp³-hybridized carbons (Fsp3) is 0.533. The molecule has 1 atom stereocenters. The van der Waals surface area contributed by atoms with Crippen molar-refractivity contribution in [3.63, 3.8) is 0 Å². The molecule has 1 aliphatic heterocycles. The first kappa shape index (κ1) is 12.9. The molecule has 1 N–H and O–H groups in total. The molecule has 0 amide bonds. The van der Waals surface area contributed by atoms with Gasteiger partial charge in [0, 0.05) is 6.04 Å². The van der Waals surface area contributed by atoms with Gasteiger partial charge in [-0.2, -0.15) is 5.26 Å². The number of nitriles is 1. The van der Waals surface area contributed by atoms with Crippen LogP contribution in [0.3, 0.4) is 0 Å². The van der Waals surface area contributed by atoms with E-state index in [9.17, 15) is 0 Å². The highest BCUT2D eigenvalue weighted by Gasteiger charge is 2.14. The molecule has 1 aromatic rings. The van der Waals surface area contributed by atoms with E-state index in [1.807, 2.05) is 26.0 Å². The van der Waals surface area contributed by atoms with Crippen molar-refractivity contribution in [1.29, 1.82) is 5.26 Å². The summed E-state index contributed by atoms with van der Waals surface area (Å²) in [5.74, 6) is 0.932. The van der Waals surface area contributed by atoms with E-state index in [1.165, 1.54) is 19.3 Å². The highest BCUT2D eigenvalue weighted by molar-refractivity contribution is 5.47. The predicted molar refractivity (Wildman–Crippen MR) is 71.8 cm³/mol. The minimum atomic E-state index is 0.466. The number of piperidine rings is 1. The SMILES string of the molecule is Cc1cc(C#N)cc(C)c1OCC1CCCCN1. The number of nitrogens with zero attached hydrogens (tertiary/aromatic N) is 1. The van der Waals surface area contributed by atoms with Crippen molar-refractivity contribution >= 4 is 0 Å². The summed E-state index contributed by atoms with van der Waals surface area (Å²) < 4.78 is 5.93. The summed E-state index contributed by atoms with van der Waals surface area (Å²) in [6.45, 7) is 5.81. The Hall–Kier alpha value is -1.53. The third kappa shape index (κ3) is 3.02. The summed E-state index contributed by atoms with van der Waals surface area (Å²) in [4.78, 5) is 0. The molecule has 0 spiro atoms. The van der Waals surface area contributed by atoms with Crippen LogP contribution in [0.4, 0.5) is 0 Å². The molecule has 1 aromatic carbocycles. The molecule has 0 aromatic heterocycles. The number of hydrogen-bond donors (Lipinski definition) is 1. The maximum Gasteiger partial charge on any atom is 0.125 e. The molecule has 0 bridgehead atoms. The van der Waals surface area contributed by atoms with Gasteiger partial charge < -0.3 is 10.1 Å². The van der Waals surface area contributed by atoms with Crippen LogP contribution >= 0.6 is 0 Å². The van der Waals surface area contributed by atoms with Crippen LogP contribution in [-0.4, -0.2) is 19.2 Å². The van der Waals surface area contributed by atoms with Crippen LogP contribution in [0.1, 0.15) is 36.0 Å². The zero-order chi connectivity index (χ0) is 13.0. The molecule has 3 heteroatoms. The average molecular weight is 244 g/mol. The van der Waals surface area contributed by atoms with Gasteiger partial charge in [0.2, 0.25) is 0 Å². The lowest BCUT2D eigenvalue weighted by molar-refractivity contribution is 0.237. The lowest BCUT2D eigenvalue weighted by Crippen LogP contribution is -2.38. The molecule has 2 rings (SSSR count). The summed E-state index contributed by atoms with van der Waals surface area (Å²) in [6.07, 6.45) is 3.74. The quantitative estimate of drug-likeness (QED) is 0.889. The van der Waals surface area contributed by atoms with Crippen molar-refractivity contribution in [2.45, 2.75) is 39.2 Å². The molecular formula is C15H20N2O. The molecule has 0 aliphatic carbocycles. The average Bonchev–Trinajstić information content (AvgIpc) is 2.38. The van der Waals surface area contributed by atoms with Crippen molar-refractivity contribution in [3.05, 3.63) is 28.8 Å². The van der Waals surface area contributed by atoms with E-state index in [4.69, 9.17) is 10.00 Å². The first-order valence-corrected chi connectivity index (χ1v) is 6.58. The number of benzene rings is 1. The third-order valence-corrected chi connectivity index (χ3v) is 3.43. The summed E-state index contributed by atoms with van der Waals surface area (Å²) in [7, 11) is 0. The smallest absolute Gasteiger partial charge is 0.125 e. The van der Waals surface area contributed by atoms with Gasteiger partial charge in [0.25, 0.3) is 0 Å². The maximum absolute atomic E-state index is 8.91. The first-order chi connectivity index (χ1) is 8.70. The highest BCUT2D eigenvalue weighted by Crippen LogP contribution is 2.25. The monoisotopic (exact) mass is 244 g/mol. The van der Waals surface area contributed by atoms with E-state index in [1.54, 1.807) is 0 Å². The molecule has 0 saturated carbocycles. The van der Waals surface area contributed by atoms with Gasteiger partial charge in [-0.1, -0.05) is 6.42 Å². The van der Waals surface area contributed by atoms with Crippen LogP contribution in [0.15, 0.2) is 12.1 Å². The van der Waals surface area contributed by atoms with Crippen molar-refractivity contribution in [2.75, 3.05) is 13.2 Å². The molecule has 1 saturated heterocycles. The maximum atomic E-state index is 8.91. The number of ether oxygens (including phenoxy) is 1. The van der Waals surface area contributed by atoms with Crippen LogP contribution in [0.25, 0.3) is 0 Å². The van der Waals surface area contributed by atoms with Gasteiger partial charge in [-0.25, -0.2) is 0 Å². The van der Waals surface area contributed by atoms with Crippen LogP contribution in [0, 0.1) is 25.2 Å². The Bertz CT molecular complexity index is 433. The highest BCUT2D eigenvalue weighted by atomic mass is 16.5. The van der Waals surface area contributed by atoms with Crippen molar-refractivity contribution in [1.82, 2.24) is 5.32 Å². The third-order valence-electron chi connectivity index (χ3n) is 3.43. The standard InChI is InChI=1S/C15H20N2O/c1-11-7-13(9-16)8-12(2)15(11)18-10-14-5-3-4-6-17-14/h7-8,14,17H,3-6,10H2,1-2H3. The van der Waals surface area contributed by atoms with Crippen molar-refractivity contribution < 1.29 is 4.74 Å². The van der Waals surface area contributed by atoms with Gasteiger partial charge in [0.1, 0.15) is 12.4 Å². The normalized spacial score (nSPS) is 19.3. The van der Waals surface area contributed by atoms with Gasteiger partial charge in [-0.3, -0.25) is 0 Å². The molecule has 3 nitrogen and oxygen atoms in total. The fourth-order valence-electron chi connectivity index (χ4n) is 2.49. The molecular weight excluding hydrogens is 224 g/mol. The van der Waals surface area contributed by atoms with Crippen molar-refractivity contribution in [3.8, 4) is 11.8 Å². The molecule has 18 heavy (non-hydrogen) atoms. The minimum absolute atomic E-state index is 0.466. The summed E-state index contributed by atoms with van der Waals surface area (Å²) >= 11 is 0. The summed E-state index contributed by atoms with van der Waals surface area (Å²) in [5, 5.41) is 12.4. The zero-order valence-corrected chi connectivity index (χ0v) is 11.1. The number of aryl methyl sites for hydroxylation is 2. The second kappa shape index (κ2) is 5.88. The Morgan fingerprint density at radius 3 is 2.61 bits per heavy atom. The number of nitrogens with one attached hydrogen (secondary N) is 1. The number of hydrogen-bond acceptors (Lipinski definition) is 3. The lowest BCUT2D eigenvalue weighted by atomic mass is 10.0. The van der Waals surface area contributed by atoms with Gasteiger partial charge >= 0.3 is 0 Å². The fourth-order valence-corrected chi connectivity index (χ4v) is 2.49. The molecule has 1 fully saturated rings. The Balaban J connectivity index is 2.02. The van der Waals surface area contributed by atoms with Crippen LogP contribution in [0.2, 0.25) is 0 Å². The first-order valence-electron chi connectivity index (χ1n) is 6.58. The van der Waals surface area contributed by atoms with E-state index in [2.05, 4.69) is 11.4 Å². The Labute approximate surface area is 109 Å². The number of rotatable bonds is 3. The van der Waals surface area contributed by atoms with Gasteiger partial charge in [0.15, 0.2) is 0 Å². The van der Waals surface area contributed by atoms with E-state index in [-0.39, 0.29) is 0 Å². The second-order valence-corrected chi connectivity index (χ2v) is 5.01. The van der Waals surface area contributed by atoms with Crippen LogP contribution < -0.4 is 10.1 Å². The van der Waals surface area contributed by atoms with Crippen molar-refractivity contribution in [2.24, 2.45) is 0 Å². The van der Waals surface area contributed by atoms with Crippen LogP contribution in [0.5, 0.6) is 5.75 Å². The van der Waals surface area contributed by atoms with Gasteiger partial charge in [-0.05, 0) is 56.5 Å². The second-order valence-electron chi connectivity index (χ2n) is 5.01. The molecule has 1 aliphatic rings. The minimum Gasteiger partial charge on any atom is -0.491 e. The topological polar surface area (TPSA) is 45.0 Å². The largest absolute Gasteiger partial charge is 0.491 e. The van der Waals surface area contributed by atoms with Crippen LogP contribution in [-0.2, 0) is 0 Å². The van der Waals surface area contributed by atoms with E-state index >= 15 is 0 Å². The summed E-state index contributed by atoms with van der Waals surface area (Å²) in [5.41, 5.74) is 2.79. The molecule has 96 valence electrons. The Morgan fingerprint density at radius 2 is 2.06 bits per heavy atom. The summed E-state index contributed by atoms with van der Waals surface area (Å²) in [6, 6.07) is 6.41. The van der Waals surface area contributed by atoms with Gasteiger partial charge in [0.05, 0.1) is 11.6 Å². The van der Waals surface area contributed by atoms with E-state index in [0.29, 0.717) is 18.2 Å².